The molecule has 18 heavy (non-hydrogen) atoms. The van der Waals surface area contributed by atoms with Gasteiger partial charge in [0.15, 0.2) is 0 Å². The van der Waals surface area contributed by atoms with Gasteiger partial charge in [-0.2, -0.15) is 0 Å². The number of amides is 1. The van der Waals surface area contributed by atoms with Gasteiger partial charge in [-0.3, -0.25) is 4.79 Å². The smallest absolute Gasteiger partial charge is 0.271 e. The Bertz CT molecular complexity index is 388. The molecular weight excluding hydrogens is 232 g/mol. The minimum atomic E-state index is -0.192. The molecule has 1 aliphatic heterocycles. The predicted molar refractivity (Wildman–Crippen MR) is 67.5 cm³/mol. The first-order valence-electron chi connectivity index (χ1n) is 6.19. The summed E-state index contributed by atoms with van der Waals surface area (Å²) in [5.41, 5.74) is 0.335. The SMILES string of the molecule is CNc1cnc(C(=O)NCCC2CCCO2)cn1. The van der Waals surface area contributed by atoms with E-state index in [2.05, 4.69) is 20.6 Å². The van der Waals surface area contributed by atoms with Gasteiger partial charge in [0.05, 0.1) is 18.5 Å². The van der Waals surface area contributed by atoms with Crippen LogP contribution >= 0.6 is 0 Å². The van der Waals surface area contributed by atoms with Crippen LogP contribution in [0.15, 0.2) is 12.4 Å². The van der Waals surface area contributed by atoms with E-state index < -0.39 is 0 Å². The normalized spacial score (nSPS) is 18.6. The van der Waals surface area contributed by atoms with E-state index in [-0.39, 0.29) is 5.91 Å². The molecule has 1 aliphatic rings. The summed E-state index contributed by atoms with van der Waals surface area (Å²) < 4.78 is 5.48. The van der Waals surface area contributed by atoms with Crippen molar-refractivity contribution in [2.75, 3.05) is 25.5 Å². The Morgan fingerprint density at radius 3 is 3.00 bits per heavy atom. The zero-order valence-electron chi connectivity index (χ0n) is 10.5. The van der Waals surface area contributed by atoms with Crippen molar-refractivity contribution in [3.05, 3.63) is 18.1 Å². The highest BCUT2D eigenvalue weighted by Crippen LogP contribution is 2.14. The van der Waals surface area contributed by atoms with Gasteiger partial charge in [-0.25, -0.2) is 9.97 Å². The Hall–Kier alpha value is -1.69. The van der Waals surface area contributed by atoms with Gasteiger partial charge in [-0.15, -0.1) is 0 Å². The molecule has 6 nitrogen and oxygen atoms in total. The summed E-state index contributed by atoms with van der Waals surface area (Å²) in [6, 6.07) is 0. The van der Waals surface area contributed by atoms with Crippen LogP contribution in [0.4, 0.5) is 5.82 Å². The van der Waals surface area contributed by atoms with Gasteiger partial charge in [0.2, 0.25) is 0 Å². The first-order chi connectivity index (χ1) is 8.79. The lowest BCUT2D eigenvalue weighted by Crippen LogP contribution is -2.27. The third-order valence-corrected chi connectivity index (χ3v) is 2.92. The molecule has 0 aromatic carbocycles. The molecule has 2 heterocycles. The Morgan fingerprint density at radius 2 is 2.39 bits per heavy atom. The number of carbonyl (C=O) groups is 1. The van der Waals surface area contributed by atoms with Crippen molar-refractivity contribution in [1.82, 2.24) is 15.3 Å². The minimum Gasteiger partial charge on any atom is -0.378 e. The van der Waals surface area contributed by atoms with Crippen LogP contribution in [0.3, 0.4) is 0 Å². The standard InChI is InChI=1S/C12H18N4O2/c1-13-11-8-15-10(7-16-11)12(17)14-5-4-9-3-2-6-18-9/h7-9H,2-6H2,1H3,(H,13,16)(H,14,17). The molecule has 1 fully saturated rings. The Labute approximate surface area is 106 Å². The number of nitrogens with one attached hydrogen (secondary N) is 2. The van der Waals surface area contributed by atoms with E-state index in [9.17, 15) is 4.79 Å². The van der Waals surface area contributed by atoms with Crippen LogP contribution in [-0.2, 0) is 4.74 Å². The number of hydrogen-bond acceptors (Lipinski definition) is 5. The molecule has 2 rings (SSSR count). The average Bonchev–Trinajstić information content (AvgIpc) is 2.92. The highest BCUT2D eigenvalue weighted by Gasteiger charge is 2.15. The first-order valence-corrected chi connectivity index (χ1v) is 6.19. The predicted octanol–water partition coefficient (Wildman–Crippen LogP) is 0.817. The number of hydrogen-bond donors (Lipinski definition) is 2. The Kier molecular flexibility index (Phi) is 4.46. The van der Waals surface area contributed by atoms with Crippen molar-refractivity contribution in [1.29, 1.82) is 0 Å². The largest absolute Gasteiger partial charge is 0.378 e. The van der Waals surface area contributed by atoms with Crippen molar-refractivity contribution < 1.29 is 9.53 Å². The second kappa shape index (κ2) is 6.30. The molecular formula is C12H18N4O2. The molecule has 0 spiro atoms. The summed E-state index contributed by atoms with van der Waals surface area (Å²) in [7, 11) is 1.76. The summed E-state index contributed by atoms with van der Waals surface area (Å²) in [5.74, 6) is 0.453. The molecule has 1 aromatic heterocycles. The van der Waals surface area contributed by atoms with E-state index >= 15 is 0 Å². The highest BCUT2D eigenvalue weighted by atomic mass is 16.5. The van der Waals surface area contributed by atoms with Crippen LogP contribution in [0, 0.1) is 0 Å². The summed E-state index contributed by atoms with van der Waals surface area (Å²) in [6.45, 7) is 1.45. The summed E-state index contributed by atoms with van der Waals surface area (Å²) in [4.78, 5) is 19.8. The van der Waals surface area contributed by atoms with Crippen LogP contribution in [0.1, 0.15) is 29.8 Å². The lowest BCUT2D eigenvalue weighted by molar-refractivity contribution is 0.0903. The lowest BCUT2D eigenvalue weighted by Gasteiger charge is -2.09. The molecule has 1 amide bonds. The van der Waals surface area contributed by atoms with Crippen LogP contribution in [-0.4, -0.2) is 42.2 Å². The number of anilines is 1. The number of aromatic nitrogens is 2. The molecule has 0 radical (unpaired) electrons. The average molecular weight is 250 g/mol. The molecule has 1 saturated heterocycles. The Balaban J connectivity index is 1.76. The Morgan fingerprint density at radius 1 is 1.50 bits per heavy atom. The van der Waals surface area contributed by atoms with Gasteiger partial charge in [0.1, 0.15) is 11.5 Å². The number of carbonyl (C=O) groups excluding carboxylic acids is 1. The summed E-state index contributed by atoms with van der Waals surface area (Å²) in [6.07, 6.45) is 6.36. The third kappa shape index (κ3) is 3.40. The van der Waals surface area contributed by atoms with E-state index in [1.807, 2.05) is 0 Å². The van der Waals surface area contributed by atoms with Crippen LogP contribution in [0.5, 0.6) is 0 Å². The van der Waals surface area contributed by atoms with Crippen molar-refractivity contribution in [2.24, 2.45) is 0 Å². The fourth-order valence-electron chi connectivity index (χ4n) is 1.88. The topological polar surface area (TPSA) is 76.1 Å². The molecule has 6 heteroatoms. The van der Waals surface area contributed by atoms with Gasteiger partial charge >= 0.3 is 0 Å². The number of rotatable bonds is 5. The van der Waals surface area contributed by atoms with Gasteiger partial charge < -0.3 is 15.4 Å². The zero-order valence-corrected chi connectivity index (χ0v) is 10.5. The second-order valence-electron chi connectivity index (χ2n) is 4.22. The van der Waals surface area contributed by atoms with Crippen molar-refractivity contribution >= 4 is 11.7 Å². The quantitative estimate of drug-likeness (QED) is 0.809. The maximum absolute atomic E-state index is 11.7. The maximum Gasteiger partial charge on any atom is 0.271 e. The molecule has 1 aromatic rings. The second-order valence-corrected chi connectivity index (χ2v) is 4.22. The van der Waals surface area contributed by atoms with Crippen molar-refractivity contribution in [3.63, 3.8) is 0 Å². The summed E-state index contributed by atoms with van der Waals surface area (Å²) >= 11 is 0. The summed E-state index contributed by atoms with van der Waals surface area (Å²) in [5, 5.41) is 5.67. The molecule has 0 aliphatic carbocycles. The number of nitrogens with zero attached hydrogens (tertiary/aromatic N) is 2. The van der Waals surface area contributed by atoms with E-state index in [0.717, 1.165) is 25.9 Å². The number of ether oxygens (including phenoxy) is 1. The van der Waals surface area contributed by atoms with E-state index in [1.165, 1.54) is 12.4 Å². The molecule has 98 valence electrons. The molecule has 1 atom stereocenters. The fourth-order valence-corrected chi connectivity index (χ4v) is 1.88. The van der Waals surface area contributed by atoms with Crippen molar-refractivity contribution in [2.45, 2.75) is 25.4 Å². The maximum atomic E-state index is 11.7. The van der Waals surface area contributed by atoms with Gasteiger partial charge in [0.25, 0.3) is 5.91 Å². The van der Waals surface area contributed by atoms with Crippen LogP contribution in [0.2, 0.25) is 0 Å². The zero-order chi connectivity index (χ0) is 12.8. The lowest BCUT2D eigenvalue weighted by atomic mass is 10.2. The van der Waals surface area contributed by atoms with E-state index in [0.29, 0.717) is 24.2 Å². The van der Waals surface area contributed by atoms with Crippen LogP contribution in [0.25, 0.3) is 0 Å². The highest BCUT2D eigenvalue weighted by molar-refractivity contribution is 5.91. The molecule has 1 unspecified atom stereocenters. The van der Waals surface area contributed by atoms with E-state index in [1.54, 1.807) is 7.05 Å². The van der Waals surface area contributed by atoms with E-state index in [4.69, 9.17) is 4.74 Å². The van der Waals surface area contributed by atoms with Gasteiger partial charge in [0, 0.05) is 20.2 Å². The molecule has 0 bridgehead atoms. The fraction of sp³-hybridized carbons (Fsp3) is 0.583. The van der Waals surface area contributed by atoms with Gasteiger partial charge in [-0.1, -0.05) is 0 Å². The molecule has 2 N–H and O–H groups in total. The van der Waals surface area contributed by atoms with Crippen LogP contribution < -0.4 is 10.6 Å². The minimum absolute atomic E-state index is 0.192. The third-order valence-electron chi connectivity index (χ3n) is 2.92. The first kappa shape index (κ1) is 12.8. The van der Waals surface area contributed by atoms with Crippen molar-refractivity contribution in [3.8, 4) is 0 Å². The monoisotopic (exact) mass is 250 g/mol. The molecule has 0 saturated carbocycles. The van der Waals surface area contributed by atoms with Gasteiger partial charge in [-0.05, 0) is 19.3 Å².